The predicted molar refractivity (Wildman–Crippen MR) is 85.7 cm³/mol. The molecule has 1 aliphatic heterocycles. The average Bonchev–Trinajstić information content (AvgIpc) is 2.73. The normalized spacial score (nSPS) is 14.9. The van der Waals surface area contributed by atoms with Crippen LogP contribution in [0.1, 0.15) is 23.8 Å². The number of fused-ring (bicyclic) bond motifs is 3. The van der Waals surface area contributed by atoms with E-state index in [4.69, 9.17) is 5.73 Å². The van der Waals surface area contributed by atoms with Crippen LogP contribution in [-0.4, -0.2) is 23.0 Å². The van der Waals surface area contributed by atoms with E-state index in [-0.39, 0.29) is 24.8 Å². The molecule has 2 N–H and O–H groups in total. The molecule has 3 rings (SSSR count). The molecule has 0 amide bonds. The molecular weight excluding hydrogens is 309 g/mol. The molecule has 0 spiro atoms. The number of aromatic nitrogens is 1. The van der Waals surface area contributed by atoms with Gasteiger partial charge in [-0.3, -0.25) is 4.90 Å². The molecule has 0 unspecified atom stereocenters. The lowest BCUT2D eigenvalue weighted by Crippen LogP contribution is -2.30. The van der Waals surface area contributed by atoms with Crippen molar-refractivity contribution in [2.24, 2.45) is 0 Å². The summed E-state index contributed by atoms with van der Waals surface area (Å²) in [5.41, 5.74) is 7.26. The van der Waals surface area contributed by atoms with Crippen molar-refractivity contribution >= 4 is 62.1 Å². The first kappa shape index (κ1) is 16.0. The number of anilines is 1. The maximum Gasteiger partial charge on any atom is 0.181 e. The maximum atomic E-state index is 5.75. The van der Waals surface area contributed by atoms with E-state index in [1.807, 2.05) is 11.3 Å². The van der Waals surface area contributed by atoms with Crippen LogP contribution in [0.4, 0.5) is 5.13 Å². The van der Waals surface area contributed by atoms with E-state index in [1.165, 1.54) is 34.7 Å². The first-order valence-corrected chi connectivity index (χ1v) is 7.30. The van der Waals surface area contributed by atoms with Crippen molar-refractivity contribution in [2.45, 2.75) is 26.3 Å². The molecule has 102 valence electrons. The fraction of sp³-hybridized carbons (Fsp3) is 0.545. The average molecular weight is 326 g/mol. The molecule has 0 radical (unpaired) electrons. The fourth-order valence-corrected chi connectivity index (χ4v) is 4.69. The van der Waals surface area contributed by atoms with Gasteiger partial charge in [0, 0.05) is 18.0 Å². The first-order chi connectivity index (χ1) is 7.78. The summed E-state index contributed by atoms with van der Waals surface area (Å²) in [6, 6.07) is 0. The number of hydrogen-bond donors (Lipinski definition) is 1. The predicted octanol–water partition coefficient (Wildman–Crippen LogP) is 3.55. The summed E-state index contributed by atoms with van der Waals surface area (Å²) in [4.78, 5) is 9.57. The van der Waals surface area contributed by atoms with Crippen LogP contribution in [0.3, 0.4) is 0 Å². The Morgan fingerprint density at radius 2 is 2.11 bits per heavy atom. The van der Waals surface area contributed by atoms with E-state index in [1.54, 1.807) is 11.3 Å². The van der Waals surface area contributed by atoms with Gasteiger partial charge in [-0.05, 0) is 24.9 Å². The van der Waals surface area contributed by atoms with E-state index in [9.17, 15) is 0 Å². The fourth-order valence-electron chi connectivity index (χ4n) is 2.33. The second-order valence-electron chi connectivity index (χ2n) is 4.22. The molecular formula is C11H17Cl2N3S2. The SMILES string of the molecule is CCCN1CCc2c(sc3nc(N)sc23)C1.Cl.Cl. The Morgan fingerprint density at radius 3 is 2.83 bits per heavy atom. The summed E-state index contributed by atoms with van der Waals surface area (Å²) in [5, 5.41) is 0.708. The van der Waals surface area contributed by atoms with Crippen LogP contribution in [0.2, 0.25) is 0 Å². The monoisotopic (exact) mass is 325 g/mol. The number of nitrogen functional groups attached to an aromatic ring is 1. The van der Waals surface area contributed by atoms with Crippen molar-refractivity contribution in [3.05, 3.63) is 10.4 Å². The molecule has 0 bridgehead atoms. The molecule has 0 atom stereocenters. The minimum atomic E-state index is 0. The Hall–Kier alpha value is -0.0700. The van der Waals surface area contributed by atoms with Crippen molar-refractivity contribution in [1.29, 1.82) is 0 Å². The Morgan fingerprint density at radius 1 is 1.33 bits per heavy atom. The van der Waals surface area contributed by atoms with Gasteiger partial charge < -0.3 is 5.73 Å². The minimum absolute atomic E-state index is 0. The van der Waals surface area contributed by atoms with Crippen LogP contribution in [0, 0.1) is 0 Å². The van der Waals surface area contributed by atoms with Gasteiger partial charge in [0.25, 0.3) is 0 Å². The molecule has 3 nitrogen and oxygen atoms in total. The van der Waals surface area contributed by atoms with Gasteiger partial charge in [0.2, 0.25) is 0 Å². The van der Waals surface area contributed by atoms with Gasteiger partial charge in [0.05, 0.1) is 4.70 Å². The minimum Gasteiger partial charge on any atom is -0.375 e. The highest BCUT2D eigenvalue weighted by Crippen LogP contribution is 2.39. The van der Waals surface area contributed by atoms with Crippen molar-refractivity contribution < 1.29 is 0 Å². The molecule has 0 fully saturated rings. The molecule has 0 saturated carbocycles. The number of nitrogens with two attached hydrogens (primary N) is 1. The second-order valence-corrected chi connectivity index (χ2v) is 6.33. The number of hydrogen-bond acceptors (Lipinski definition) is 5. The molecule has 2 aromatic rings. The van der Waals surface area contributed by atoms with Gasteiger partial charge >= 0.3 is 0 Å². The molecule has 0 saturated heterocycles. The zero-order valence-corrected chi connectivity index (χ0v) is 13.4. The van der Waals surface area contributed by atoms with Gasteiger partial charge in [-0.1, -0.05) is 18.3 Å². The molecule has 0 aromatic carbocycles. The number of rotatable bonds is 2. The highest BCUT2D eigenvalue weighted by atomic mass is 35.5. The molecule has 7 heteroatoms. The smallest absolute Gasteiger partial charge is 0.181 e. The Kier molecular flexibility index (Phi) is 5.67. The molecule has 18 heavy (non-hydrogen) atoms. The summed E-state index contributed by atoms with van der Waals surface area (Å²) < 4.78 is 1.34. The van der Waals surface area contributed by atoms with E-state index in [0.29, 0.717) is 5.13 Å². The highest BCUT2D eigenvalue weighted by molar-refractivity contribution is 7.29. The summed E-state index contributed by atoms with van der Waals surface area (Å²) in [5.74, 6) is 0. The van der Waals surface area contributed by atoms with Gasteiger partial charge in [-0.25, -0.2) is 4.98 Å². The van der Waals surface area contributed by atoms with E-state index < -0.39 is 0 Å². The molecule has 3 heterocycles. The zero-order chi connectivity index (χ0) is 11.1. The zero-order valence-electron chi connectivity index (χ0n) is 10.1. The lowest BCUT2D eigenvalue weighted by molar-refractivity contribution is 0.258. The van der Waals surface area contributed by atoms with Crippen LogP contribution in [0.15, 0.2) is 0 Å². The van der Waals surface area contributed by atoms with Crippen LogP contribution in [-0.2, 0) is 13.0 Å². The van der Waals surface area contributed by atoms with Crippen LogP contribution in [0.5, 0.6) is 0 Å². The number of halogens is 2. The summed E-state index contributed by atoms with van der Waals surface area (Å²) >= 11 is 3.47. The van der Waals surface area contributed by atoms with Gasteiger partial charge in [-0.2, -0.15) is 0 Å². The molecule has 2 aromatic heterocycles. The van der Waals surface area contributed by atoms with Crippen molar-refractivity contribution in [3.8, 4) is 0 Å². The lowest BCUT2D eigenvalue weighted by atomic mass is 10.1. The van der Waals surface area contributed by atoms with Gasteiger partial charge in [0.1, 0.15) is 4.83 Å². The third-order valence-corrected chi connectivity index (χ3v) is 5.21. The Labute approximate surface area is 127 Å². The van der Waals surface area contributed by atoms with Crippen LogP contribution in [0.25, 0.3) is 9.53 Å². The van der Waals surface area contributed by atoms with E-state index in [2.05, 4.69) is 16.8 Å². The van der Waals surface area contributed by atoms with E-state index in [0.717, 1.165) is 17.8 Å². The van der Waals surface area contributed by atoms with Crippen LogP contribution < -0.4 is 5.73 Å². The summed E-state index contributed by atoms with van der Waals surface area (Å²) in [6.45, 7) is 5.74. The Balaban J connectivity index is 0.000000810. The summed E-state index contributed by atoms with van der Waals surface area (Å²) in [7, 11) is 0. The molecule has 0 aliphatic carbocycles. The third-order valence-electron chi connectivity index (χ3n) is 3.03. The van der Waals surface area contributed by atoms with E-state index >= 15 is 0 Å². The van der Waals surface area contributed by atoms with Gasteiger partial charge in [0.15, 0.2) is 5.13 Å². The number of thiazole rings is 1. The quantitative estimate of drug-likeness (QED) is 0.918. The van der Waals surface area contributed by atoms with Crippen molar-refractivity contribution in [2.75, 3.05) is 18.8 Å². The third kappa shape index (κ3) is 2.75. The number of thiophene rings is 1. The highest BCUT2D eigenvalue weighted by Gasteiger charge is 2.22. The van der Waals surface area contributed by atoms with Crippen molar-refractivity contribution in [1.82, 2.24) is 9.88 Å². The van der Waals surface area contributed by atoms with Crippen molar-refractivity contribution in [3.63, 3.8) is 0 Å². The maximum absolute atomic E-state index is 5.75. The van der Waals surface area contributed by atoms with Crippen LogP contribution >= 0.6 is 47.5 Å². The van der Waals surface area contributed by atoms with Gasteiger partial charge in [-0.15, -0.1) is 36.2 Å². The first-order valence-electron chi connectivity index (χ1n) is 5.67. The second kappa shape index (κ2) is 6.39. The summed E-state index contributed by atoms with van der Waals surface area (Å²) in [6.07, 6.45) is 2.40. The molecule has 1 aliphatic rings. The Bertz CT molecular complexity index is 524. The lowest BCUT2D eigenvalue weighted by Gasteiger charge is -2.25. The standard InChI is InChI=1S/C11H15N3S2.2ClH/c1-2-4-14-5-3-7-8(6-14)15-10-9(7)16-11(12)13-10;;/h2-6H2,1H3,(H2,12,13);2*1H. The topological polar surface area (TPSA) is 42.2 Å². The largest absolute Gasteiger partial charge is 0.375 e. The number of nitrogens with zero attached hydrogens (tertiary/aromatic N) is 2.